The molecule has 0 aromatic heterocycles. The van der Waals surface area contributed by atoms with E-state index in [0.29, 0.717) is 5.92 Å². The van der Waals surface area contributed by atoms with Crippen LogP contribution in [0, 0.1) is 5.92 Å². The van der Waals surface area contributed by atoms with Gasteiger partial charge < -0.3 is 10.1 Å². The number of oxime groups is 1. The molecule has 1 N–H and O–H groups in total. The van der Waals surface area contributed by atoms with E-state index in [-0.39, 0.29) is 0 Å². The molecule has 1 saturated heterocycles. The summed E-state index contributed by atoms with van der Waals surface area (Å²) in [7, 11) is 0. The predicted molar refractivity (Wildman–Crippen MR) is 63.6 cm³/mol. The highest BCUT2D eigenvalue weighted by atomic mass is 16.4. The molecular formula is C12H24N2O. The van der Waals surface area contributed by atoms with Crippen LogP contribution in [0.1, 0.15) is 46.0 Å². The normalized spacial score (nSPS) is 26.0. The Hall–Kier alpha value is -0.570. The molecule has 88 valence electrons. The second kappa shape index (κ2) is 6.83. The Morgan fingerprint density at radius 3 is 2.80 bits per heavy atom. The summed E-state index contributed by atoms with van der Waals surface area (Å²) in [5.41, 5.74) is 0.972. The van der Waals surface area contributed by atoms with Crippen molar-refractivity contribution in [3.63, 3.8) is 0 Å². The molecule has 1 aliphatic rings. The number of unbranched alkanes of at least 4 members (excludes halogenated alkanes) is 3. The van der Waals surface area contributed by atoms with Gasteiger partial charge in [0.1, 0.15) is 0 Å². The summed E-state index contributed by atoms with van der Waals surface area (Å²) in [6.45, 7) is 7.73. The van der Waals surface area contributed by atoms with Gasteiger partial charge in [-0.05, 0) is 13.0 Å². The molecule has 0 saturated carbocycles. The van der Waals surface area contributed by atoms with Gasteiger partial charge >= 0.3 is 0 Å². The van der Waals surface area contributed by atoms with Gasteiger partial charge in [-0.25, -0.2) is 0 Å². The van der Waals surface area contributed by atoms with Crippen LogP contribution in [0.5, 0.6) is 0 Å². The van der Waals surface area contributed by atoms with E-state index in [1.54, 1.807) is 0 Å². The summed E-state index contributed by atoms with van der Waals surface area (Å²) in [5, 5.41) is 12.1. The Balaban J connectivity index is 2.17. The molecule has 0 aromatic carbocycles. The summed E-state index contributed by atoms with van der Waals surface area (Å²) >= 11 is 0. The number of hydrogen-bond donors (Lipinski definition) is 1. The third-order valence-electron chi connectivity index (χ3n) is 3.24. The second-order valence-corrected chi connectivity index (χ2v) is 4.60. The fraction of sp³-hybridized carbons (Fsp3) is 0.917. The molecule has 0 aromatic rings. The third kappa shape index (κ3) is 4.20. The molecule has 0 spiro atoms. The van der Waals surface area contributed by atoms with Gasteiger partial charge in [-0.2, -0.15) is 0 Å². The highest BCUT2D eigenvalue weighted by Gasteiger charge is 2.21. The average molecular weight is 212 g/mol. The molecular weight excluding hydrogens is 188 g/mol. The lowest BCUT2D eigenvalue weighted by Crippen LogP contribution is -2.40. The maximum Gasteiger partial charge on any atom is 0.0624 e. The van der Waals surface area contributed by atoms with E-state index in [2.05, 4.69) is 23.9 Å². The minimum atomic E-state index is 0.426. The number of rotatable bonds is 5. The van der Waals surface area contributed by atoms with Crippen LogP contribution in [-0.2, 0) is 0 Å². The molecule has 3 nitrogen and oxygen atoms in total. The van der Waals surface area contributed by atoms with Crippen molar-refractivity contribution in [1.29, 1.82) is 0 Å². The number of nitrogens with zero attached hydrogens (tertiary/aromatic N) is 2. The fourth-order valence-corrected chi connectivity index (χ4v) is 2.22. The molecule has 15 heavy (non-hydrogen) atoms. The van der Waals surface area contributed by atoms with Crippen molar-refractivity contribution in [3.8, 4) is 0 Å². The average Bonchev–Trinajstić information content (AvgIpc) is 2.25. The second-order valence-electron chi connectivity index (χ2n) is 4.60. The van der Waals surface area contributed by atoms with Crippen LogP contribution in [0.4, 0.5) is 0 Å². The van der Waals surface area contributed by atoms with Gasteiger partial charge in [-0.1, -0.05) is 38.3 Å². The Morgan fingerprint density at radius 1 is 1.40 bits per heavy atom. The zero-order valence-electron chi connectivity index (χ0n) is 10.1. The van der Waals surface area contributed by atoms with Gasteiger partial charge in [-0.15, -0.1) is 0 Å². The molecule has 1 heterocycles. The Labute approximate surface area is 93.2 Å². The maximum absolute atomic E-state index is 8.76. The summed E-state index contributed by atoms with van der Waals surface area (Å²) in [5.74, 6) is 0.426. The SMILES string of the molecule is CCCCCCN1CCC(=NO)C(C)C1. The molecule has 1 fully saturated rings. The summed E-state index contributed by atoms with van der Waals surface area (Å²) in [6.07, 6.45) is 6.25. The van der Waals surface area contributed by atoms with Gasteiger partial charge in [0.15, 0.2) is 0 Å². The van der Waals surface area contributed by atoms with Gasteiger partial charge in [-0.3, -0.25) is 0 Å². The van der Waals surface area contributed by atoms with Gasteiger partial charge in [0.25, 0.3) is 0 Å². The lowest BCUT2D eigenvalue weighted by Gasteiger charge is -2.31. The predicted octanol–water partition coefficient (Wildman–Crippen LogP) is 2.74. The Bertz CT molecular complexity index is 204. The van der Waals surface area contributed by atoms with Gasteiger partial charge in [0.05, 0.1) is 5.71 Å². The van der Waals surface area contributed by atoms with Crippen LogP contribution in [0.25, 0.3) is 0 Å². The van der Waals surface area contributed by atoms with E-state index in [0.717, 1.165) is 25.2 Å². The van der Waals surface area contributed by atoms with E-state index >= 15 is 0 Å². The minimum absolute atomic E-state index is 0.426. The van der Waals surface area contributed by atoms with Crippen LogP contribution in [0.15, 0.2) is 5.16 Å². The summed E-state index contributed by atoms with van der Waals surface area (Å²) < 4.78 is 0. The van der Waals surface area contributed by atoms with Crippen molar-refractivity contribution < 1.29 is 5.21 Å². The largest absolute Gasteiger partial charge is 0.411 e. The van der Waals surface area contributed by atoms with Gasteiger partial charge in [0.2, 0.25) is 0 Å². The van der Waals surface area contributed by atoms with Crippen LogP contribution >= 0.6 is 0 Å². The highest BCUT2D eigenvalue weighted by Crippen LogP contribution is 2.14. The molecule has 1 atom stereocenters. The van der Waals surface area contributed by atoms with Crippen molar-refractivity contribution in [3.05, 3.63) is 0 Å². The van der Waals surface area contributed by atoms with Crippen molar-refractivity contribution in [1.82, 2.24) is 4.90 Å². The first-order valence-corrected chi connectivity index (χ1v) is 6.21. The van der Waals surface area contributed by atoms with Crippen molar-refractivity contribution in [2.45, 2.75) is 46.0 Å². The monoisotopic (exact) mass is 212 g/mol. The molecule has 1 aliphatic heterocycles. The molecule has 0 aliphatic carbocycles. The molecule has 1 rings (SSSR count). The van der Waals surface area contributed by atoms with Gasteiger partial charge in [0, 0.05) is 25.4 Å². The minimum Gasteiger partial charge on any atom is -0.411 e. The Kier molecular flexibility index (Phi) is 5.69. The summed E-state index contributed by atoms with van der Waals surface area (Å²) in [4.78, 5) is 2.50. The van der Waals surface area contributed by atoms with E-state index in [4.69, 9.17) is 5.21 Å². The zero-order valence-corrected chi connectivity index (χ0v) is 10.1. The van der Waals surface area contributed by atoms with Crippen LogP contribution in [-0.4, -0.2) is 35.5 Å². The number of piperidine rings is 1. The number of likely N-dealkylation sites (tertiary alicyclic amines) is 1. The standard InChI is InChI=1S/C12H24N2O/c1-3-4-5-6-8-14-9-7-12(13-15)11(2)10-14/h11,15H,3-10H2,1-2H3. The molecule has 0 bridgehead atoms. The van der Waals surface area contributed by atoms with Crippen molar-refractivity contribution >= 4 is 5.71 Å². The van der Waals surface area contributed by atoms with Crippen molar-refractivity contribution in [2.75, 3.05) is 19.6 Å². The fourth-order valence-electron chi connectivity index (χ4n) is 2.22. The lowest BCUT2D eigenvalue weighted by molar-refractivity contribution is 0.231. The first-order chi connectivity index (χ1) is 7.27. The Morgan fingerprint density at radius 2 is 2.20 bits per heavy atom. The molecule has 0 radical (unpaired) electrons. The van der Waals surface area contributed by atoms with Crippen LogP contribution in [0.3, 0.4) is 0 Å². The quantitative estimate of drug-likeness (QED) is 0.432. The van der Waals surface area contributed by atoms with E-state index < -0.39 is 0 Å². The number of hydrogen-bond acceptors (Lipinski definition) is 3. The van der Waals surface area contributed by atoms with Crippen LogP contribution in [0.2, 0.25) is 0 Å². The lowest BCUT2D eigenvalue weighted by atomic mass is 9.97. The van der Waals surface area contributed by atoms with Crippen LogP contribution < -0.4 is 0 Å². The first kappa shape index (κ1) is 12.5. The maximum atomic E-state index is 8.76. The molecule has 1 unspecified atom stereocenters. The van der Waals surface area contributed by atoms with E-state index in [9.17, 15) is 0 Å². The topological polar surface area (TPSA) is 35.8 Å². The third-order valence-corrected chi connectivity index (χ3v) is 3.24. The summed E-state index contributed by atoms with van der Waals surface area (Å²) in [6, 6.07) is 0. The highest BCUT2D eigenvalue weighted by molar-refractivity contribution is 5.86. The van der Waals surface area contributed by atoms with Crippen molar-refractivity contribution in [2.24, 2.45) is 11.1 Å². The zero-order chi connectivity index (χ0) is 11.1. The van der Waals surface area contributed by atoms with E-state index in [1.165, 1.54) is 32.2 Å². The first-order valence-electron chi connectivity index (χ1n) is 6.21. The van der Waals surface area contributed by atoms with E-state index in [1.807, 2.05) is 0 Å². The molecule has 3 heteroatoms. The smallest absolute Gasteiger partial charge is 0.0624 e. The molecule has 0 amide bonds.